The predicted octanol–water partition coefficient (Wildman–Crippen LogP) is 5.44. The fourth-order valence-electron chi connectivity index (χ4n) is 5.98. The monoisotopic (exact) mass is 443 g/mol. The topological polar surface area (TPSA) is 89.4 Å². The van der Waals surface area contributed by atoms with Gasteiger partial charge in [0.15, 0.2) is 0 Å². The molecule has 170 valence electrons. The molecule has 2 fully saturated rings. The Balaban J connectivity index is 1.50. The Bertz CT molecular complexity index is 1230. The Morgan fingerprint density at radius 2 is 2.03 bits per heavy atom. The lowest BCUT2D eigenvalue weighted by atomic mass is 9.56. The van der Waals surface area contributed by atoms with E-state index >= 15 is 0 Å². The van der Waals surface area contributed by atoms with E-state index in [-0.39, 0.29) is 17.4 Å². The van der Waals surface area contributed by atoms with Crippen LogP contribution in [-0.4, -0.2) is 34.6 Å². The number of ether oxygens (including phenoxy) is 1. The van der Waals surface area contributed by atoms with Gasteiger partial charge in [0.05, 0.1) is 18.7 Å². The molecule has 2 aromatic carbocycles. The lowest BCUT2D eigenvalue weighted by molar-refractivity contribution is -0.0298. The van der Waals surface area contributed by atoms with Crippen molar-refractivity contribution in [3.05, 3.63) is 64.8 Å². The summed E-state index contributed by atoms with van der Waals surface area (Å²) >= 11 is 0. The number of carbonyl (C=O) groups is 1. The maximum absolute atomic E-state index is 11.4. The van der Waals surface area contributed by atoms with Gasteiger partial charge in [0, 0.05) is 41.2 Å². The molecule has 1 atom stereocenters. The van der Waals surface area contributed by atoms with Gasteiger partial charge in [0.25, 0.3) is 0 Å². The van der Waals surface area contributed by atoms with Gasteiger partial charge < -0.3 is 14.8 Å². The fraction of sp³-hybridized carbons (Fsp3) is 0.407. The van der Waals surface area contributed by atoms with Gasteiger partial charge in [-0.1, -0.05) is 12.1 Å². The highest BCUT2D eigenvalue weighted by molar-refractivity contribution is 5.88. The third-order valence-corrected chi connectivity index (χ3v) is 7.77. The zero-order valence-corrected chi connectivity index (χ0v) is 19.1. The molecule has 33 heavy (non-hydrogen) atoms. The smallest absolute Gasteiger partial charge is 0.335 e. The Morgan fingerprint density at radius 1 is 1.27 bits per heavy atom. The van der Waals surface area contributed by atoms with Crippen molar-refractivity contribution in [2.75, 3.05) is 13.7 Å². The number of nitriles is 1. The van der Waals surface area contributed by atoms with Crippen molar-refractivity contribution in [1.29, 1.82) is 5.26 Å². The van der Waals surface area contributed by atoms with Gasteiger partial charge in [0.1, 0.15) is 5.75 Å². The van der Waals surface area contributed by atoms with Crippen LogP contribution in [0.2, 0.25) is 0 Å². The van der Waals surface area contributed by atoms with Crippen LogP contribution in [0, 0.1) is 29.6 Å². The molecule has 0 radical (unpaired) electrons. The minimum atomic E-state index is -0.909. The van der Waals surface area contributed by atoms with E-state index in [2.05, 4.69) is 35.0 Å². The molecule has 6 heteroatoms. The molecule has 1 aliphatic carbocycles. The summed E-state index contributed by atoms with van der Waals surface area (Å²) < 4.78 is 5.79. The van der Waals surface area contributed by atoms with E-state index in [0.717, 1.165) is 61.2 Å². The van der Waals surface area contributed by atoms with Crippen molar-refractivity contribution in [3.8, 4) is 11.8 Å². The van der Waals surface area contributed by atoms with Crippen molar-refractivity contribution in [3.63, 3.8) is 0 Å². The highest BCUT2D eigenvalue weighted by Gasteiger charge is 2.49. The van der Waals surface area contributed by atoms with Crippen LogP contribution in [0.4, 0.5) is 0 Å². The third kappa shape index (κ3) is 3.77. The number of piperidine rings is 1. The van der Waals surface area contributed by atoms with Crippen LogP contribution in [0.15, 0.2) is 42.6 Å². The van der Waals surface area contributed by atoms with Gasteiger partial charge in [-0.25, -0.2) is 4.79 Å². The summed E-state index contributed by atoms with van der Waals surface area (Å²) in [5.41, 5.74) is 5.12. The minimum Gasteiger partial charge on any atom is -0.496 e. The number of likely N-dealkylation sites (tertiary alicyclic amines) is 1. The molecule has 1 saturated carbocycles. The average Bonchev–Trinajstić information content (AvgIpc) is 3.30. The second kappa shape index (κ2) is 8.24. The predicted molar refractivity (Wildman–Crippen MR) is 126 cm³/mol. The first-order valence-corrected chi connectivity index (χ1v) is 11.5. The van der Waals surface area contributed by atoms with Crippen LogP contribution < -0.4 is 4.74 Å². The second-order valence-corrected chi connectivity index (χ2v) is 9.74. The van der Waals surface area contributed by atoms with E-state index in [1.54, 1.807) is 19.2 Å². The van der Waals surface area contributed by atoms with Crippen molar-refractivity contribution in [2.45, 2.75) is 45.2 Å². The van der Waals surface area contributed by atoms with E-state index in [1.165, 1.54) is 10.9 Å². The molecule has 0 amide bonds. The number of H-pyrrole nitrogens is 1. The van der Waals surface area contributed by atoms with Crippen molar-refractivity contribution in [1.82, 2.24) is 9.88 Å². The largest absolute Gasteiger partial charge is 0.496 e. The quantitative estimate of drug-likeness (QED) is 0.548. The van der Waals surface area contributed by atoms with E-state index in [4.69, 9.17) is 4.74 Å². The van der Waals surface area contributed by atoms with Gasteiger partial charge in [0.2, 0.25) is 0 Å². The summed E-state index contributed by atoms with van der Waals surface area (Å²) in [6, 6.07) is 14.1. The molecule has 3 aromatic rings. The second-order valence-electron chi connectivity index (χ2n) is 9.74. The SMILES string of the molecule is COc1cc(C)c2[nH]ccc2c1CN1CCC2(CC(C#N)C2)C[C@H]1c1ccc(C(=O)O)cc1. The molecule has 2 N–H and O–H groups in total. The van der Waals surface area contributed by atoms with Crippen LogP contribution in [0.3, 0.4) is 0 Å². The number of rotatable bonds is 5. The highest BCUT2D eigenvalue weighted by atomic mass is 16.5. The summed E-state index contributed by atoms with van der Waals surface area (Å²) in [6.07, 6.45) is 5.99. The number of aromatic amines is 1. The molecule has 0 unspecified atom stereocenters. The van der Waals surface area contributed by atoms with Gasteiger partial charge in [-0.05, 0) is 80.0 Å². The van der Waals surface area contributed by atoms with Gasteiger partial charge in [-0.15, -0.1) is 0 Å². The number of methoxy groups -OCH3 is 1. The number of carboxylic acids is 1. The molecular formula is C27H29N3O3. The number of aromatic carboxylic acids is 1. The third-order valence-electron chi connectivity index (χ3n) is 7.77. The van der Waals surface area contributed by atoms with E-state index in [1.807, 2.05) is 18.3 Å². The van der Waals surface area contributed by atoms with Crippen molar-refractivity contribution in [2.24, 2.45) is 11.3 Å². The number of nitrogens with one attached hydrogen (secondary N) is 1. The molecule has 1 saturated heterocycles. The number of benzene rings is 2. The summed E-state index contributed by atoms with van der Waals surface area (Å²) in [7, 11) is 1.72. The number of carboxylic acid groups (broad SMARTS) is 1. The van der Waals surface area contributed by atoms with Gasteiger partial charge in [-0.2, -0.15) is 5.26 Å². The van der Waals surface area contributed by atoms with Crippen molar-refractivity contribution < 1.29 is 14.6 Å². The number of fused-ring (bicyclic) bond motifs is 1. The molecule has 0 bridgehead atoms. The zero-order valence-electron chi connectivity index (χ0n) is 19.1. The molecule has 1 spiro atoms. The molecule has 2 aliphatic rings. The Hall–Kier alpha value is -3.30. The molecule has 1 aromatic heterocycles. The Morgan fingerprint density at radius 3 is 2.70 bits per heavy atom. The molecule has 5 rings (SSSR count). The molecule has 6 nitrogen and oxygen atoms in total. The van der Waals surface area contributed by atoms with Crippen LogP contribution >= 0.6 is 0 Å². The van der Waals surface area contributed by atoms with Crippen LogP contribution in [-0.2, 0) is 6.54 Å². The first kappa shape index (κ1) is 21.5. The molecular weight excluding hydrogens is 414 g/mol. The first-order valence-electron chi connectivity index (χ1n) is 11.5. The Kier molecular flexibility index (Phi) is 5.38. The summed E-state index contributed by atoms with van der Waals surface area (Å²) in [5, 5.41) is 19.8. The summed E-state index contributed by atoms with van der Waals surface area (Å²) in [5.74, 6) is 0.157. The summed E-state index contributed by atoms with van der Waals surface area (Å²) in [6.45, 7) is 3.78. The molecule has 2 heterocycles. The van der Waals surface area contributed by atoms with Crippen LogP contribution in [0.25, 0.3) is 10.9 Å². The minimum absolute atomic E-state index is 0.168. The Labute approximate surface area is 193 Å². The van der Waals surface area contributed by atoms with E-state index < -0.39 is 5.97 Å². The average molecular weight is 444 g/mol. The van der Waals surface area contributed by atoms with Crippen molar-refractivity contribution >= 4 is 16.9 Å². The number of hydrogen-bond acceptors (Lipinski definition) is 4. The van der Waals surface area contributed by atoms with Gasteiger partial charge >= 0.3 is 5.97 Å². The van der Waals surface area contributed by atoms with Crippen LogP contribution in [0.5, 0.6) is 5.75 Å². The fourth-order valence-corrected chi connectivity index (χ4v) is 5.98. The normalized spacial score (nSPS) is 25.0. The first-order chi connectivity index (χ1) is 15.9. The number of hydrogen-bond donors (Lipinski definition) is 2. The zero-order chi connectivity index (χ0) is 23.2. The highest BCUT2D eigenvalue weighted by Crippen LogP contribution is 2.56. The van der Waals surface area contributed by atoms with E-state index in [9.17, 15) is 15.2 Å². The standard InChI is InChI=1S/C27H29N3O3/c1-17-11-24(33-2)22(21-7-9-29-25(17)21)16-30-10-8-27(12-18(13-27)15-28)14-23(30)19-3-5-20(6-4-19)26(31)32/h3-7,9,11,18,23,29H,8,10,12-14,16H2,1-2H3,(H,31,32)/t18?,23-,27?/m0/s1. The lowest BCUT2D eigenvalue weighted by Gasteiger charge is -2.53. The van der Waals surface area contributed by atoms with Crippen LogP contribution in [0.1, 0.15) is 58.8 Å². The number of aromatic nitrogens is 1. The number of nitrogens with zero attached hydrogens (tertiary/aromatic N) is 2. The lowest BCUT2D eigenvalue weighted by Crippen LogP contribution is -2.48. The summed E-state index contributed by atoms with van der Waals surface area (Å²) in [4.78, 5) is 17.2. The van der Waals surface area contributed by atoms with Gasteiger partial charge in [-0.3, -0.25) is 4.90 Å². The number of aryl methyl sites for hydroxylation is 1. The maximum atomic E-state index is 11.4. The molecule has 1 aliphatic heterocycles. The van der Waals surface area contributed by atoms with E-state index in [0.29, 0.717) is 5.56 Å². The maximum Gasteiger partial charge on any atom is 0.335 e.